The summed E-state index contributed by atoms with van der Waals surface area (Å²) in [6.45, 7) is 5.59. The van der Waals surface area contributed by atoms with Crippen molar-refractivity contribution in [2.24, 2.45) is 0 Å². The second-order valence-electron chi connectivity index (χ2n) is 4.95. The predicted octanol–water partition coefficient (Wildman–Crippen LogP) is 1.54. The molecule has 0 radical (unpaired) electrons. The van der Waals surface area contributed by atoms with Crippen LogP contribution in [0.15, 0.2) is 30.3 Å². The number of nitrogens with one attached hydrogen (secondary N) is 1. The van der Waals surface area contributed by atoms with E-state index in [0.717, 1.165) is 5.56 Å². The number of rotatable bonds is 9. The van der Waals surface area contributed by atoms with Crippen molar-refractivity contribution in [3.63, 3.8) is 0 Å². The van der Waals surface area contributed by atoms with Crippen LogP contribution in [0.5, 0.6) is 0 Å². The number of benzene rings is 1. The van der Waals surface area contributed by atoms with Crippen LogP contribution in [0.1, 0.15) is 19.4 Å². The van der Waals surface area contributed by atoms with Gasteiger partial charge in [0.2, 0.25) is 0 Å². The third kappa shape index (κ3) is 4.91. The van der Waals surface area contributed by atoms with Crippen molar-refractivity contribution in [2.45, 2.75) is 25.4 Å². The van der Waals surface area contributed by atoms with Crippen LogP contribution in [0.2, 0.25) is 0 Å². The van der Waals surface area contributed by atoms with Crippen LogP contribution in [-0.2, 0) is 15.0 Å². The fourth-order valence-electron chi connectivity index (χ4n) is 2.09. The van der Waals surface area contributed by atoms with E-state index in [1.807, 2.05) is 30.3 Å². The Bertz CT molecular complexity index is 343. The molecule has 0 heterocycles. The van der Waals surface area contributed by atoms with E-state index in [9.17, 15) is 5.11 Å². The molecular weight excluding hydrogens is 242 g/mol. The molecule has 1 unspecified atom stereocenters. The SMILES string of the molecule is COCCOCC(CO)(NC(C)C)c1ccccc1. The van der Waals surface area contributed by atoms with E-state index in [2.05, 4.69) is 19.2 Å². The van der Waals surface area contributed by atoms with Gasteiger partial charge in [0, 0.05) is 13.2 Å². The molecule has 4 nitrogen and oxygen atoms in total. The molecule has 0 aliphatic carbocycles. The summed E-state index contributed by atoms with van der Waals surface area (Å²) in [6, 6.07) is 10.2. The van der Waals surface area contributed by atoms with Gasteiger partial charge in [-0.25, -0.2) is 0 Å². The Morgan fingerprint density at radius 1 is 1.21 bits per heavy atom. The molecule has 4 heteroatoms. The van der Waals surface area contributed by atoms with Crippen molar-refractivity contribution < 1.29 is 14.6 Å². The average Bonchev–Trinajstić information content (AvgIpc) is 2.43. The van der Waals surface area contributed by atoms with Crippen molar-refractivity contribution in [3.8, 4) is 0 Å². The van der Waals surface area contributed by atoms with E-state index < -0.39 is 5.54 Å². The number of aliphatic hydroxyl groups is 1. The van der Waals surface area contributed by atoms with Gasteiger partial charge in [0.25, 0.3) is 0 Å². The molecule has 2 N–H and O–H groups in total. The summed E-state index contributed by atoms with van der Waals surface area (Å²) < 4.78 is 10.6. The van der Waals surface area contributed by atoms with Crippen LogP contribution >= 0.6 is 0 Å². The van der Waals surface area contributed by atoms with Gasteiger partial charge in [-0.1, -0.05) is 30.3 Å². The Morgan fingerprint density at radius 2 is 1.89 bits per heavy atom. The van der Waals surface area contributed by atoms with Gasteiger partial charge in [0.05, 0.1) is 32.0 Å². The Labute approximate surface area is 115 Å². The summed E-state index contributed by atoms with van der Waals surface area (Å²) in [5, 5.41) is 13.3. The van der Waals surface area contributed by atoms with E-state index in [0.29, 0.717) is 19.8 Å². The molecule has 108 valence electrons. The molecule has 1 aromatic carbocycles. The van der Waals surface area contributed by atoms with Crippen molar-refractivity contribution in [1.82, 2.24) is 5.32 Å². The number of hydrogen-bond acceptors (Lipinski definition) is 4. The first-order valence-electron chi connectivity index (χ1n) is 6.65. The molecule has 0 aliphatic heterocycles. The maximum atomic E-state index is 9.86. The van der Waals surface area contributed by atoms with Gasteiger partial charge in [-0.15, -0.1) is 0 Å². The highest BCUT2D eigenvalue weighted by Gasteiger charge is 2.32. The van der Waals surface area contributed by atoms with Crippen LogP contribution < -0.4 is 5.32 Å². The van der Waals surface area contributed by atoms with Crippen molar-refractivity contribution >= 4 is 0 Å². The molecule has 0 bridgehead atoms. The molecule has 0 aliphatic rings. The van der Waals surface area contributed by atoms with Crippen LogP contribution in [0, 0.1) is 0 Å². The quantitative estimate of drug-likeness (QED) is 0.666. The Hall–Kier alpha value is -0.940. The highest BCUT2D eigenvalue weighted by atomic mass is 16.5. The lowest BCUT2D eigenvalue weighted by atomic mass is 9.90. The lowest BCUT2D eigenvalue weighted by Gasteiger charge is -2.35. The molecule has 1 rings (SSSR count). The van der Waals surface area contributed by atoms with Crippen LogP contribution in [0.4, 0.5) is 0 Å². The minimum atomic E-state index is -0.566. The monoisotopic (exact) mass is 267 g/mol. The number of hydrogen-bond donors (Lipinski definition) is 2. The van der Waals surface area contributed by atoms with Gasteiger partial charge in [0.15, 0.2) is 0 Å². The van der Waals surface area contributed by atoms with Crippen LogP contribution in [0.3, 0.4) is 0 Å². The topological polar surface area (TPSA) is 50.7 Å². The molecule has 0 aromatic heterocycles. The van der Waals surface area contributed by atoms with Gasteiger partial charge in [-0.2, -0.15) is 0 Å². The lowest BCUT2D eigenvalue weighted by molar-refractivity contribution is 0.00745. The summed E-state index contributed by atoms with van der Waals surface area (Å²) in [6.07, 6.45) is 0. The number of methoxy groups -OCH3 is 1. The molecule has 19 heavy (non-hydrogen) atoms. The van der Waals surface area contributed by atoms with E-state index in [1.54, 1.807) is 7.11 Å². The molecule has 0 fully saturated rings. The maximum absolute atomic E-state index is 9.86. The van der Waals surface area contributed by atoms with Crippen LogP contribution in [-0.4, -0.2) is 44.7 Å². The Kier molecular flexibility index (Phi) is 7.02. The fraction of sp³-hybridized carbons (Fsp3) is 0.600. The Morgan fingerprint density at radius 3 is 2.42 bits per heavy atom. The summed E-state index contributed by atoms with van der Waals surface area (Å²) in [4.78, 5) is 0. The molecule has 0 spiro atoms. The van der Waals surface area contributed by atoms with Gasteiger partial charge in [0.1, 0.15) is 0 Å². The van der Waals surface area contributed by atoms with E-state index in [-0.39, 0.29) is 12.6 Å². The average molecular weight is 267 g/mol. The first-order chi connectivity index (χ1) is 9.14. The minimum absolute atomic E-state index is 0.0117. The van der Waals surface area contributed by atoms with E-state index in [4.69, 9.17) is 9.47 Å². The molecule has 0 saturated carbocycles. The van der Waals surface area contributed by atoms with E-state index >= 15 is 0 Å². The highest BCUT2D eigenvalue weighted by Crippen LogP contribution is 2.22. The summed E-state index contributed by atoms with van der Waals surface area (Å²) in [5.74, 6) is 0. The molecular formula is C15H25NO3. The predicted molar refractivity (Wildman–Crippen MR) is 76.2 cm³/mol. The zero-order valence-corrected chi connectivity index (χ0v) is 12.1. The third-order valence-electron chi connectivity index (χ3n) is 2.94. The second-order valence-corrected chi connectivity index (χ2v) is 4.95. The number of ether oxygens (including phenoxy) is 2. The fourth-order valence-corrected chi connectivity index (χ4v) is 2.09. The molecule has 1 atom stereocenters. The zero-order valence-electron chi connectivity index (χ0n) is 12.1. The largest absolute Gasteiger partial charge is 0.394 e. The van der Waals surface area contributed by atoms with Gasteiger partial charge in [-0.05, 0) is 19.4 Å². The summed E-state index contributed by atoms with van der Waals surface area (Å²) >= 11 is 0. The molecule has 0 amide bonds. The van der Waals surface area contributed by atoms with Crippen molar-refractivity contribution in [2.75, 3.05) is 33.5 Å². The second kappa shape index (κ2) is 8.27. The first kappa shape index (κ1) is 16.1. The van der Waals surface area contributed by atoms with Gasteiger partial charge >= 0.3 is 0 Å². The smallest absolute Gasteiger partial charge is 0.0907 e. The van der Waals surface area contributed by atoms with Crippen molar-refractivity contribution in [1.29, 1.82) is 0 Å². The maximum Gasteiger partial charge on any atom is 0.0907 e. The lowest BCUT2D eigenvalue weighted by Crippen LogP contribution is -2.52. The zero-order chi connectivity index (χ0) is 14.1. The summed E-state index contributed by atoms with van der Waals surface area (Å²) in [7, 11) is 1.65. The van der Waals surface area contributed by atoms with E-state index in [1.165, 1.54) is 0 Å². The van der Waals surface area contributed by atoms with Crippen LogP contribution in [0.25, 0.3) is 0 Å². The third-order valence-corrected chi connectivity index (χ3v) is 2.94. The Balaban J connectivity index is 2.82. The first-order valence-corrected chi connectivity index (χ1v) is 6.65. The van der Waals surface area contributed by atoms with Gasteiger partial charge < -0.3 is 19.9 Å². The minimum Gasteiger partial charge on any atom is -0.394 e. The standard InChI is InChI=1S/C15H25NO3/c1-13(2)16-15(11-17,12-19-10-9-18-3)14-7-5-4-6-8-14/h4-8,13,16-17H,9-12H2,1-3H3. The highest BCUT2D eigenvalue weighted by molar-refractivity contribution is 5.25. The molecule has 1 aromatic rings. The summed E-state index contributed by atoms with van der Waals surface area (Å²) in [5.41, 5.74) is 0.465. The number of aliphatic hydroxyl groups excluding tert-OH is 1. The van der Waals surface area contributed by atoms with Crippen molar-refractivity contribution in [3.05, 3.63) is 35.9 Å². The van der Waals surface area contributed by atoms with Gasteiger partial charge in [-0.3, -0.25) is 0 Å². The normalized spacial score (nSPS) is 14.6. The molecule has 0 saturated heterocycles.